The average molecular weight is 291 g/mol. The molecule has 1 aromatic carbocycles. The van der Waals surface area contributed by atoms with E-state index in [2.05, 4.69) is 5.32 Å². The second-order valence-electron chi connectivity index (χ2n) is 3.65. The van der Waals surface area contributed by atoms with E-state index in [1.54, 1.807) is 0 Å². The third kappa shape index (κ3) is 4.09. The van der Waals surface area contributed by atoms with Crippen LogP contribution in [-0.4, -0.2) is 39.7 Å². The monoisotopic (exact) mass is 291 g/mol. The standard InChI is InChI=1S/C11H11F2NO4S/c1-19(18)3-2-14-10(15)6-4-8(12)9(13)5-7(6)11(16)17/h4-5H,2-3H2,1H3,(H,14,15)(H,16,17). The Bertz CT molecular complexity index is 548. The van der Waals surface area contributed by atoms with Gasteiger partial charge in [0.15, 0.2) is 11.6 Å². The summed E-state index contributed by atoms with van der Waals surface area (Å²) in [4.78, 5) is 22.5. The number of carboxylic acid groups (broad SMARTS) is 1. The lowest BCUT2D eigenvalue weighted by Crippen LogP contribution is -2.29. The topological polar surface area (TPSA) is 83.5 Å². The summed E-state index contributed by atoms with van der Waals surface area (Å²) in [5.74, 6) is -4.87. The Hall–Kier alpha value is -1.83. The third-order valence-corrected chi connectivity index (χ3v) is 2.99. The van der Waals surface area contributed by atoms with Crippen molar-refractivity contribution in [2.75, 3.05) is 18.6 Å². The van der Waals surface area contributed by atoms with E-state index < -0.39 is 45.4 Å². The quantitative estimate of drug-likeness (QED) is 0.839. The fraction of sp³-hybridized carbons (Fsp3) is 0.273. The molecule has 1 rings (SSSR count). The van der Waals surface area contributed by atoms with E-state index in [1.807, 2.05) is 0 Å². The van der Waals surface area contributed by atoms with Gasteiger partial charge in [-0.15, -0.1) is 0 Å². The van der Waals surface area contributed by atoms with Crippen molar-refractivity contribution in [3.05, 3.63) is 34.9 Å². The zero-order chi connectivity index (χ0) is 14.6. The maximum Gasteiger partial charge on any atom is 0.336 e. The summed E-state index contributed by atoms with van der Waals surface area (Å²) in [6, 6.07) is 0.974. The Balaban J connectivity index is 2.98. The van der Waals surface area contributed by atoms with Crippen LogP contribution in [0.2, 0.25) is 0 Å². The zero-order valence-corrected chi connectivity index (χ0v) is 10.7. The van der Waals surface area contributed by atoms with Crippen LogP contribution in [0, 0.1) is 11.6 Å². The van der Waals surface area contributed by atoms with Crippen molar-refractivity contribution in [3.8, 4) is 0 Å². The predicted octanol–water partition coefficient (Wildman–Crippen LogP) is 0.771. The molecule has 0 heterocycles. The number of carbonyl (C=O) groups is 2. The molecular weight excluding hydrogens is 280 g/mol. The van der Waals surface area contributed by atoms with Gasteiger partial charge in [-0.25, -0.2) is 13.6 Å². The Morgan fingerprint density at radius 1 is 1.26 bits per heavy atom. The largest absolute Gasteiger partial charge is 0.478 e. The Labute approximate surface area is 110 Å². The Morgan fingerprint density at radius 2 is 1.79 bits per heavy atom. The van der Waals surface area contributed by atoms with Crippen LogP contribution in [0.1, 0.15) is 20.7 Å². The lowest BCUT2D eigenvalue weighted by Gasteiger charge is -2.08. The maximum atomic E-state index is 13.0. The van der Waals surface area contributed by atoms with Crippen LogP contribution in [-0.2, 0) is 10.8 Å². The Morgan fingerprint density at radius 3 is 2.26 bits per heavy atom. The van der Waals surface area contributed by atoms with Crippen molar-refractivity contribution in [2.45, 2.75) is 0 Å². The van der Waals surface area contributed by atoms with Crippen molar-refractivity contribution >= 4 is 22.7 Å². The number of halogens is 2. The van der Waals surface area contributed by atoms with Crippen molar-refractivity contribution in [2.24, 2.45) is 0 Å². The van der Waals surface area contributed by atoms with Crippen molar-refractivity contribution < 1.29 is 27.7 Å². The van der Waals surface area contributed by atoms with E-state index >= 15 is 0 Å². The minimum absolute atomic E-state index is 0.0417. The number of rotatable bonds is 5. The van der Waals surface area contributed by atoms with Crippen LogP contribution >= 0.6 is 0 Å². The van der Waals surface area contributed by atoms with Crippen LogP contribution in [0.3, 0.4) is 0 Å². The molecular formula is C11H11F2NO4S. The second-order valence-corrected chi connectivity index (χ2v) is 5.20. The van der Waals surface area contributed by atoms with Crippen LogP contribution in [0.4, 0.5) is 8.78 Å². The van der Waals surface area contributed by atoms with Crippen LogP contribution in [0.25, 0.3) is 0 Å². The van der Waals surface area contributed by atoms with Gasteiger partial charge in [-0.2, -0.15) is 0 Å². The van der Waals surface area contributed by atoms with E-state index in [0.717, 1.165) is 0 Å². The van der Waals surface area contributed by atoms with Crippen LogP contribution < -0.4 is 5.32 Å². The van der Waals surface area contributed by atoms with Crippen LogP contribution in [0.15, 0.2) is 12.1 Å². The normalized spacial score (nSPS) is 11.9. The summed E-state index contributed by atoms with van der Waals surface area (Å²) in [6.45, 7) is 0.0417. The van der Waals surface area contributed by atoms with E-state index in [1.165, 1.54) is 6.26 Å². The fourth-order valence-corrected chi connectivity index (χ4v) is 1.70. The highest BCUT2D eigenvalue weighted by Crippen LogP contribution is 2.15. The molecule has 0 aromatic heterocycles. The third-order valence-electron chi connectivity index (χ3n) is 2.21. The summed E-state index contributed by atoms with van der Waals surface area (Å²) >= 11 is 0. The lowest BCUT2D eigenvalue weighted by atomic mass is 10.1. The maximum absolute atomic E-state index is 13.0. The first-order valence-electron chi connectivity index (χ1n) is 5.13. The van der Waals surface area contributed by atoms with Gasteiger partial charge >= 0.3 is 5.97 Å². The molecule has 0 saturated carbocycles. The van der Waals surface area contributed by atoms with Crippen molar-refractivity contribution in [1.82, 2.24) is 5.32 Å². The smallest absolute Gasteiger partial charge is 0.336 e. The van der Waals surface area contributed by atoms with Crippen LogP contribution in [0.5, 0.6) is 0 Å². The van der Waals surface area contributed by atoms with Gasteiger partial charge in [0.1, 0.15) is 0 Å². The van der Waals surface area contributed by atoms with E-state index in [0.29, 0.717) is 12.1 Å². The van der Waals surface area contributed by atoms with Crippen molar-refractivity contribution in [1.29, 1.82) is 0 Å². The van der Waals surface area contributed by atoms with E-state index in [-0.39, 0.29) is 12.3 Å². The van der Waals surface area contributed by atoms with E-state index in [4.69, 9.17) is 5.11 Å². The first kappa shape index (κ1) is 15.2. The van der Waals surface area contributed by atoms with Gasteiger partial charge in [0.25, 0.3) is 5.91 Å². The number of amides is 1. The van der Waals surface area contributed by atoms with Crippen molar-refractivity contribution in [3.63, 3.8) is 0 Å². The molecule has 0 bridgehead atoms. The van der Waals surface area contributed by atoms with Gasteiger partial charge in [-0.05, 0) is 12.1 Å². The second kappa shape index (κ2) is 6.37. The molecule has 1 amide bonds. The predicted molar refractivity (Wildman–Crippen MR) is 64.6 cm³/mol. The molecule has 5 nitrogen and oxygen atoms in total. The minimum atomic E-state index is -1.54. The molecule has 0 saturated heterocycles. The van der Waals surface area contributed by atoms with Gasteiger partial charge in [-0.1, -0.05) is 0 Å². The molecule has 1 unspecified atom stereocenters. The molecule has 1 atom stereocenters. The zero-order valence-electron chi connectivity index (χ0n) is 9.91. The fourth-order valence-electron chi connectivity index (χ4n) is 1.32. The van der Waals surface area contributed by atoms with Gasteiger partial charge in [0.05, 0.1) is 11.1 Å². The molecule has 0 aliphatic carbocycles. The highest BCUT2D eigenvalue weighted by atomic mass is 32.2. The highest BCUT2D eigenvalue weighted by molar-refractivity contribution is 7.84. The average Bonchev–Trinajstić information content (AvgIpc) is 2.31. The molecule has 0 fully saturated rings. The summed E-state index contributed by atoms with van der Waals surface area (Å²) in [5.41, 5.74) is -1.11. The number of hydrogen-bond acceptors (Lipinski definition) is 3. The molecule has 2 N–H and O–H groups in total. The first-order chi connectivity index (χ1) is 8.82. The molecule has 104 valence electrons. The van der Waals surface area contributed by atoms with E-state index in [9.17, 15) is 22.6 Å². The molecule has 8 heteroatoms. The Kier molecular flexibility index (Phi) is 5.11. The molecule has 19 heavy (non-hydrogen) atoms. The molecule has 0 aliphatic heterocycles. The SMILES string of the molecule is CS(=O)CCNC(=O)c1cc(F)c(F)cc1C(=O)O. The summed E-state index contributed by atoms with van der Waals surface area (Å²) in [5, 5.41) is 11.1. The van der Waals surface area contributed by atoms with Gasteiger partial charge in [0, 0.05) is 29.4 Å². The number of carbonyl (C=O) groups excluding carboxylic acids is 1. The number of nitrogens with one attached hydrogen (secondary N) is 1. The van der Waals surface area contributed by atoms with Gasteiger partial charge in [0.2, 0.25) is 0 Å². The first-order valence-corrected chi connectivity index (χ1v) is 6.86. The molecule has 0 aliphatic rings. The number of benzene rings is 1. The summed E-state index contributed by atoms with van der Waals surface area (Å²) < 4.78 is 36.8. The molecule has 1 aromatic rings. The number of carboxylic acids is 1. The summed E-state index contributed by atoms with van der Waals surface area (Å²) in [7, 11) is -1.13. The summed E-state index contributed by atoms with van der Waals surface area (Å²) in [6.07, 6.45) is 1.44. The molecule has 0 radical (unpaired) electrons. The number of aromatic carboxylic acids is 1. The number of hydrogen-bond donors (Lipinski definition) is 2. The molecule has 0 spiro atoms. The minimum Gasteiger partial charge on any atom is -0.478 e. The van der Waals surface area contributed by atoms with Gasteiger partial charge < -0.3 is 10.4 Å². The van der Waals surface area contributed by atoms with Gasteiger partial charge in [-0.3, -0.25) is 9.00 Å². The highest BCUT2D eigenvalue weighted by Gasteiger charge is 2.20. The lowest BCUT2D eigenvalue weighted by molar-refractivity contribution is 0.0690.